The van der Waals surface area contributed by atoms with Crippen molar-refractivity contribution in [1.29, 1.82) is 0 Å². The minimum atomic E-state index is -0.394. The zero-order valence-electron chi connectivity index (χ0n) is 11.9. The maximum Gasteiger partial charge on any atom is 0.317 e. The maximum atomic E-state index is 12.3. The first-order chi connectivity index (χ1) is 10.1. The Hall–Kier alpha value is -2.10. The quantitative estimate of drug-likeness (QED) is 0.751. The summed E-state index contributed by atoms with van der Waals surface area (Å²) in [6.07, 6.45) is 7.68. The Morgan fingerprint density at radius 1 is 1.43 bits per heavy atom. The van der Waals surface area contributed by atoms with E-state index in [0.717, 1.165) is 6.42 Å². The van der Waals surface area contributed by atoms with Crippen LogP contribution in [0.3, 0.4) is 0 Å². The second kappa shape index (κ2) is 5.35. The molecule has 1 N–H and O–H groups in total. The SMILES string of the molecule is C#CCCC1(CCC(=O)N2CCN3C(=O)NCC3C2)N=N1. The van der Waals surface area contributed by atoms with Gasteiger partial charge in [0.05, 0.1) is 6.04 Å². The van der Waals surface area contributed by atoms with Crippen LogP contribution in [0.2, 0.25) is 0 Å². The fourth-order valence-electron chi connectivity index (χ4n) is 2.96. The van der Waals surface area contributed by atoms with E-state index in [9.17, 15) is 9.59 Å². The van der Waals surface area contributed by atoms with E-state index in [0.29, 0.717) is 45.4 Å². The van der Waals surface area contributed by atoms with Crippen molar-refractivity contribution >= 4 is 11.9 Å². The third kappa shape index (κ3) is 2.84. The molecule has 0 aromatic rings. The lowest BCUT2D eigenvalue weighted by Gasteiger charge is -2.36. The summed E-state index contributed by atoms with van der Waals surface area (Å²) in [5.74, 6) is 2.70. The van der Waals surface area contributed by atoms with Gasteiger partial charge in [-0.2, -0.15) is 10.2 Å². The number of carbonyl (C=O) groups excluding carboxylic acids is 2. The average molecular weight is 289 g/mol. The number of amides is 3. The fraction of sp³-hybridized carbons (Fsp3) is 0.714. The molecule has 0 aromatic carbocycles. The first-order valence-electron chi connectivity index (χ1n) is 7.33. The fourth-order valence-corrected chi connectivity index (χ4v) is 2.96. The molecule has 3 aliphatic rings. The van der Waals surface area contributed by atoms with Crippen molar-refractivity contribution in [2.45, 2.75) is 37.4 Å². The summed E-state index contributed by atoms with van der Waals surface area (Å²) in [6.45, 7) is 2.45. The summed E-state index contributed by atoms with van der Waals surface area (Å²) in [6, 6.07) is 0.0943. The number of rotatable bonds is 5. The van der Waals surface area contributed by atoms with Crippen LogP contribution in [0.5, 0.6) is 0 Å². The molecule has 3 aliphatic heterocycles. The van der Waals surface area contributed by atoms with Gasteiger partial charge < -0.3 is 15.1 Å². The third-order valence-electron chi connectivity index (χ3n) is 4.38. The van der Waals surface area contributed by atoms with Gasteiger partial charge in [-0.05, 0) is 0 Å². The lowest BCUT2D eigenvalue weighted by molar-refractivity contribution is -0.133. The first kappa shape index (κ1) is 13.9. The number of urea groups is 1. The number of fused-ring (bicyclic) bond motifs is 1. The van der Waals surface area contributed by atoms with Gasteiger partial charge in [-0.3, -0.25) is 4.79 Å². The summed E-state index contributed by atoms with van der Waals surface area (Å²) in [5.41, 5.74) is -0.394. The Morgan fingerprint density at radius 2 is 2.24 bits per heavy atom. The molecule has 1 atom stereocenters. The van der Waals surface area contributed by atoms with Crippen molar-refractivity contribution in [3.8, 4) is 12.3 Å². The van der Waals surface area contributed by atoms with Gasteiger partial charge in [-0.15, -0.1) is 12.3 Å². The van der Waals surface area contributed by atoms with Gasteiger partial charge in [0, 0.05) is 51.9 Å². The Labute approximate surface area is 123 Å². The molecule has 2 fully saturated rings. The summed E-state index contributed by atoms with van der Waals surface area (Å²) >= 11 is 0. The molecule has 0 bridgehead atoms. The molecule has 112 valence electrons. The molecule has 2 saturated heterocycles. The van der Waals surface area contributed by atoms with Gasteiger partial charge in [-0.1, -0.05) is 0 Å². The van der Waals surface area contributed by atoms with Crippen LogP contribution in [-0.2, 0) is 4.79 Å². The molecule has 3 rings (SSSR count). The number of piperazine rings is 1. The molecule has 0 aliphatic carbocycles. The highest BCUT2D eigenvalue weighted by Crippen LogP contribution is 2.37. The molecular weight excluding hydrogens is 270 g/mol. The topological polar surface area (TPSA) is 77.4 Å². The van der Waals surface area contributed by atoms with Gasteiger partial charge >= 0.3 is 6.03 Å². The number of hydrogen-bond acceptors (Lipinski definition) is 4. The summed E-state index contributed by atoms with van der Waals surface area (Å²) < 4.78 is 0. The van der Waals surface area contributed by atoms with Crippen LogP contribution in [0.4, 0.5) is 4.79 Å². The molecule has 0 radical (unpaired) electrons. The Kier molecular flexibility index (Phi) is 3.53. The molecular formula is C14H19N5O2. The molecule has 0 aromatic heterocycles. The van der Waals surface area contributed by atoms with E-state index in [2.05, 4.69) is 21.5 Å². The predicted octanol–water partition coefficient (Wildman–Crippen LogP) is 0.578. The van der Waals surface area contributed by atoms with Crippen molar-refractivity contribution < 1.29 is 9.59 Å². The zero-order chi connectivity index (χ0) is 14.9. The van der Waals surface area contributed by atoms with Gasteiger partial charge in [0.25, 0.3) is 0 Å². The van der Waals surface area contributed by atoms with Crippen LogP contribution in [0, 0.1) is 12.3 Å². The van der Waals surface area contributed by atoms with Crippen LogP contribution in [-0.4, -0.2) is 59.6 Å². The van der Waals surface area contributed by atoms with Gasteiger partial charge in [0.2, 0.25) is 5.91 Å². The van der Waals surface area contributed by atoms with Crippen molar-refractivity contribution in [2.75, 3.05) is 26.2 Å². The zero-order valence-corrected chi connectivity index (χ0v) is 11.9. The monoisotopic (exact) mass is 289 g/mol. The van der Waals surface area contributed by atoms with Crippen LogP contribution < -0.4 is 5.32 Å². The van der Waals surface area contributed by atoms with E-state index in [1.807, 2.05) is 9.80 Å². The number of terminal acetylenes is 1. The Bertz CT molecular complexity index is 518. The summed E-state index contributed by atoms with van der Waals surface area (Å²) in [7, 11) is 0. The molecule has 3 amide bonds. The number of nitrogens with zero attached hydrogens (tertiary/aromatic N) is 4. The highest BCUT2D eigenvalue weighted by atomic mass is 16.2. The van der Waals surface area contributed by atoms with Crippen LogP contribution in [0.1, 0.15) is 25.7 Å². The third-order valence-corrected chi connectivity index (χ3v) is 4.38. The first-order valence-corrected chi connectivity index (χ1v) is 7.33. The molecule has 7 heteroatoms. The minimum Gasteiger partial charge on any atom is -0.339 e. The molecule has 21 heavy (non-hydrogen) atoms. The van der Waals surface area contributed by atoms with E-state index < -0.39 is 5.66 Å². The second-order valence-electron chi connectivity index (χ2n) is 5.76. The predicted molar refractivity (Wildman–Crippen MR) is 75.4 cm³/mol. The van der Waals surface area contributed by atoms with E-state index in [4.69, 9.17) is 6.42 Å². The minimum absolute atomic E-state index is 0.0177. The highest BCUT2D eigenvalue weighted by Gasteiger charge is 2.41. The standard InChI is InChI=1S/C14H19N5O2/c1-2-3-5-14(16-17-14)6-4-12(20)18-7-8-19-11(10-18)9-15-13(19)21/h1,11H,3-10H2,(H,15,21). The van der Waals surface area contributed by atoms with Crippen LogP contribution in [0.15, 0.2) is 10.2 Å². The van der Waals surface area contributed by atoms with E-state index in [1.54, 1.807) is 0 Å². The van der Waals surface area contributed by atoms with Crippen molar-refractivity contribution in [1.82, 2.24) is 15.1 Å². The molecule has 0 saturated carbocycles. The second-order valence-corrected chi connectivity index (χ2v) is 5.76. The molecule has 3 heterocycles. The van der Waals surface area contributed by atoms with E-state index in [-0.39, 0.29) is 18.0 Å². The number of nitrogens with one attached hydrogen (secondary N) is 1. The molecule has 1 unspecified atom stereocenters. The van der Waals surface area contributed by atoms with Crippen molar-refractivity contribution in [3.63, 3.8) is 0 Å². The van der Waals surface area contributed by atoms with E-state index in [1.165, 1.54) is 0 Å². The van der Waals surface area contributed by atoms with Crippen LogP contribution in [0.25, 0.3) is 0 Å². The largest absolute Gasteiger partial charge is 0.339 e. The molecule has 7 nitrogen and oxygen atoms in total. The maximum absolute atomic E-state index is 12.3. The lowest BCUT2D eigenvalue weighted by atomic mass is 10.0. The van der Waals surface area contributed by atoms with Crippen LogP contribution >= 0.6 is 0 Å². The van der Waals surface area contributed by atoms with Gasteiger partial charge in [0.1, 0.15) is 0 Å². The summed E-state index contributed by atoms with van der Waals surface area (Å²) in [4.78, 5) is 27.5. The number of carbonyl (C=O) groups is 2. The van der Waals surface area contributed by atoms with E-state index >= 15 is 0 Å². The van der Waals surface area contributed by atoms with Gasteiger partial charge in [0.15, 0.2) is 5.66 Å². The normalized spacial score (nSPS) is 25.3. The summed E-state index contributed by atoms with van der Waals surface area (Å²) in [5, 5.41) is 10.9. The highest BCUT2D eigenvalue weighted by molar-refractivity contribution is 5.79. The van der Waals surface area contributed by atoms with Crippen molar-refractivity contribution in [3.05, 3.63) is 0 Å². The number of hydrogen-bond donors (Lipinski definition) is 1. The lowest BCUT2D eigenvalue weighted by Crippen LogP contribution is -2.53. The van der Waals surface area contributed by atoms with Crippen molar-refractivity contribution in [2.24, 2.45) is 10.2 Å². The Balaban J connectivity index is 1.46. The van der Waals surface area contributed by atoms with Gasteiger partial charge in [-0.25, -0.2) is 4.79 Å². The average Bonchev–Trinajstić information content (AvgIpc) is 3.19. The Morgan fingerprint density at radius 3 is 2.95 bits per heavy atom. The smallest absolute Gasteiger partial charge is 0.317 e. The molecule has 0 spiro atoms.